The van der Waals surface area contributed by atoms with E-state index in [1.165, 1.54) is 0 Å². The predicted molar refractivity (Wildman–Crippen MR) is 66.7 cm³/mol. The minimum absolute atomic E-state index is 0.441. The van der Waals surface area contributed by atoms with Crippen molar-refractivity contribution in [3.63, 3.8) is 0 Å². The molecule has 0 amide bonds. The van der Waals surface area contributed by atoms with Gasteiger partial charge in [0, 0.05) is 25.9 Å². The van der Waals surface area contributed by atoms with Gasteiger partial charge in [-0.25, -0.2) is 0 Å². The summed E-state index contributed by atoms with van der Waals surface area (Å²) in [5.74, 6) is 0.705. The lowest BCUT2D eigenvalue weighted by atomic mass is 10.1. The Kier molecular flexibility index (Phi) is 7.01. The Labute approximate surface area is 99.9 Å². The number of ether oxygens (including phenoxy) is 2. The SMILES string of the molecule is CC(C)C(C)NCCCOC1CCOCC1. The first-order valence-corrected chi connectivity index (χ1v) is 6.63. The summed E-state index contributed by atoms with van der Waals surface area (Å²) < 4.78 is 11.1. The maximum absolute atomic E-state index is 5.81. The maximum Gasteiger partial charge on any atom is 0.0619 e. The lowest BCUT2D eigenvalue weighted by molar-refractivity contribution is -0.0323. The van der Waals surface area contributed by atoms with Gasteiger partial charge in [-0.15, -0.1) is 0 Å². The molecule has 0 aromatic heterocycles. The van der Waals surface area contributed by atoms with Gasteiger partial charge >= 0.3 is 0 Å². The van der Waals surface area contributed by atoms with Gasteiger partial charge in [-0.1, -0.05) is 13.8 Å². The van der Waals surface area contributed by atoms with E-state index < -0.39 is 0 Å². The highest BCUT2D eigenvalue weighted by Gasteiger charge is 2.13. The van der Waals surface area contributed by atoms with Gasteiger partial charge in [0.2, 0.25) is 0 Å². The van der Waals surface area contributed by atoms with Crippen LogP contribution in [0.25, 0.3) is 0 Å². The van der Waals surface area contributed by atoms with Crippen LogP contribution in [0.3, 0.4) is 0 Å². The summed E-state index contributed by atoms with van der Waals surface area (Å²) in [5.41, 5.74) is 0. The molecular weight excluding hydrogens is 202 g/mol. The van der Waals surface area contributed by atoms with Crippen molar-refractivity contribution in [1.29, 1.82) is 0 Å². The van der Waals surface area contributed by atoms with Gasteiger partial charge < -0.3 is 14.8 Å². The fourth-order valence-corrected chi connectivity index (χ4v) is 1.73. The van der Waals surface area contributed by atoms with Gasteiger partial charge in [-0.3, -0.25) is 0 Å². The van der Waals surface area contributed by atoms with Crippen molar-refractivity contribution < 1.29 is 9.47 Å². The number of hydrogen-bond acceptors (Lipinski definition) is 3. The molecule has 3 heteroatoms. The largest absolute Gasteiger partial charge is 0.381 e. The Morgan fingerprint density at radius 1 is 1.25 bits per heavy atom. The van der Waals surface area contributed by atoms with E-state index in [0.717, 1.165) is 45.6 Å². The summed E-state index contributed by atoms with van der Waals surface area (Å²) in [6.45, 7) is 10.4. The van der Waals surface area contributed by atoms with Crippen LogP contribution in [-0.4, -0.2) is 38.5 Å². The van der Waals surface area contributed by atoms with Crippen LogP contribution in [0.2, 0.25) is 0 Å². The summed E-state index contributed by atoms with van der Waals surface area (Å²) in [5, 5.41) is 3.52. The summed E-state index contributed by atoms with van der Waals surface area (Å²) >= 11 is 0. The van der Waals surface area contributed by atoms with Crippen molar-refractivity contribution in [2.75, 3.05) is 26.4 Å². The summed E-state index contributed by atoms with van der Waals surface area (Å²) in [7, 11) is 0. The smallest absolute Gasteiger partial charge is 0.0619 e. The van der Waals surface area contributed by atoms with Gasteiger partial charge in [-0.05, 0) is 38.6 Å². The Morgan fingerprint density at radius 3 is 2.56 bits per heavy atom. The Balaban J connectivity index is 1.91. The van der Waals surface area contributed by atoms with Gasteiger partial charge in [0.1, 0.15) is 0 Å². The third-order valence-electron chi connectivity index (χ3n) is 3.31. The van der Waals surface area contributed by atoms with Crippen LogP contribution in [0.1, 0.15) is 40.0 Å². The molecule has 0 spiro atoms. The molecular formula is C13H27NO2. The second-order valence-corrected chi connectivity index (χ2v) is 5.02. The first-order chi connectivity index (χ1) is 7.70. The third-order valence-corrected chi connectivity index (χ3v) is 3.31. The zero-order valence-electron chi connectivity index (χ0n) is 11.0. The van der Waals surface area contributed by atoms with E-state index >= 15 is 0 Å². The van der Waals surface area contributed by atoms with Crippen LogP contribution in [0.4, 0.5) is 0 Å². The van der Waals surface area contributed by atoms with Crippen molar-refractivity contribution in [3.05, 3.63) is 0 Å². The minimum atomic E-state index is 0.441. The predicted octanol–water partition coefficient (Wildman–Crippen LogP) is 2.21. The van der Waals surface area contributed by atoms with E-state index in [1.54, 1.807) is 0 Å². The normalized spacial score (nSPS) is 20.2. The van der Waals surface area contributed by atoms with Gasteiger partial charge in [-0.2, -0.15) is 0 Å². The molecule has 1 rings (SSSR count). The summed E-state index contributed by atoms with van der Waals surface area (Å²) in [6, 6.07) is 0.600. The molecule has 1 aliphatic rings. The highest BCUT2D eigenvalue weighted by Crippen LogP contribution is 2.10. The summed E-state index contributed by atoms with van der Waals surface area (Å²) in [4.78, 5) is 0. The molecule has 1 aliphatic heterocycles. The lowest BCUT2D eigenvalue weighted by Crippen LogP contribution is -2.32. The first kappa shape index (κ1) is 13.9. The number of nitrogens with one attached hydrogen (secondary N) is 1. The second-order valence-electron chi connectivity index (χ2n) is 5.02. The molecule has 1 unspecified atom stereocenters. The molecule has 3 nitrogen and oxygen atoms in total. The molecule has 16 heavy (non-hydrogen) atoms. The fourth-order valence-electron chi connectivity index (χ4n) is 1.73. The van der Waals surface area contributed by atoms with Crippen LogP contribution in [0, 0.1) is 5.92 Å². The fraction of sp³-hybridized carbons (Fsp3) is 1.00. The molecule has 0 saturated carbocycles. The lowest BCUT2D eigenvalue weighted by Gasteiger charge is -2.23. The molecule has 1 heterocycles. The molecule has 0 bridgehead atoms. The highest BCUT2D eigenvalue weighted by molar-refractivity contribution is 4.65. The van der Waals surface area contributed by atoms with Crippen LogP contribution in [0.5, 0.6) is 0 Å². The molecule has 1 N–H and O–H groups in total. The van der Waals surface area contributed by atoms with Crippen LogP contribution in [0.15, 0.2) is 0 Å². The molecule has 1 fully saturated rings. The molecule has 96 valence electrons. The number of rotatable bonds is 7. The van der Waals surface area contributed by atoms with Crippen LogP contribution >= 0.6 is 0 Å². The Bertz CT molecular complexity index is 167. The van der Waals surface area contributed by atoms with Crippen molar-refractivity contribution in [3.8, 4) is 0 Å². The molecule has 1 saturated heterocycles. The van der Waals surface area contributed by atoms with Crippen molar-refractivity contribution >= 4 is 0 Å². The van der Waals surface area contributed by atoms with E-state index in [-0.39, 0.29) is 0 Å². The quantitative estimate of drug-likeness (QED) is 0.679. The highest BCUT2D eigenvalue weighted by atomic mass is 16.5. The van der Waals surface area contributed by atoms with E-state index in [4.69, 9.17) is 9.47 Å². The zero-order valence-corrected chi connectivity index (χ0v) is 11.0. The molecule has 0 aromatic carbocycles. The molecule has 1 atom stereocenters. The standard InChI is InChI=1S/C13H27NO2/c1-11(2)12(3)14-7-4-8-16-13-5-9-15-10-6-13/h11-14H,4-10H2,1-3H3. The van der Waals surface area contributed by atoms with E-state index in [1.807, 2.05) is 0 Å². The van der Waals surface area contributed by atoms with Gasteiger partial charge in [0.25, 0.3) is 0 Å². The Morgan fingerprint density at radius 2 is 1.94 bits per heavy atom. The van der Waals surface area contributed by atoms with Gasteiger partial charge in [0.15, 0.2) is 0 Å². The maximum atomic E-state index is 5.81. The first-order valence-electron chi connectivity index (χ1n) is 6.63. The van der Waals surface area contributed by atoms with Crippen LogP contribution < -0.4 is 5.32 Å². The molecule has 0 aromatic rings. The zero-order chi connectivity index (χ0) is 11.8. The van der Waals surface area contributed by atoms with Gasteiger partial charge in [0.05, 0.1) is 6.10 Å². The Hall–Kier alpha value is -0.120. The molecule has 0 radical (unpaired) electrons. The molecule has 0 aliphatic carbocycles. The average molecular weight is 229 g/mol. The van der Waals surface area contributed by atoms with Crippen LogP contribution in [-0.2, 0) is 9.47 Å². The van der Waals surface area contributed by atoms with Crippen molar-refractivity contribution in [2.45, 2.75) is 52.2 Å². The van der Waals surface area contributed by atoms with E-state index in [9.17, 15) is 0 Å². The third kappa shape index (κ3) is 5.83. The summed E-state index contributed by atoms with van der Waals surface area (Å²) in [6.07, 6.45) is 3.68. The topological polar surface area (TPSA) is 30.5 Å². The number of hydrogen-bond donors (Lipinski definition) is 1. The minimum Gasteiger partial charge on any atom is -0.381 e. The van der Waals surface area contributed by atoms with E-state index in [2.05, 4.69) is 26.1 Å². The average Bonchev–Trinajstić information content (AvgIpc) is 2.29. The van der Waals surface area contributed by atoms with Crippen molar-refractivity contribution in [1.82, 2.24) is 5.32 Å². The van der Waals surface area contributed by atoms with Crippen molar-refractivity contribution in [2.24, 2.45) is 5.92 Å². The monoisotopic (exact) mass is 229 g/mol. The second kappa shape index (κ2) is 8.04. The van der Waals surface area contributed by atoms with E-state index in [0.29, 0.717) is 18.1 Å².